The Labute approximate surface area is 76.9 Å². The summed E-state index contributed by atoms with van der Waals surface area (Å²) in [4.78, 5) is 0. The van der Waals surface area contributed by atoms with E-state index in [2.05, 4.69) is 0 Å². The van der Waals surface area contributed by atoms with E-state index in [4.69, 9.17) is 5.11 Å². The number of aliphatic hydroxyl groups excluding tert-OH is 1. The lowest BCUT2D eigenvalue weighted by atomic mass is 10.3. The highest BCUT2D eigenvalue weighted by atomic mass is 32.2. The summed E-state index contributed by atoms with van der Waals surface area (Å²) >= 11 is 0. The maximum Gasteiger partial charge on any atom is 0.428 e. The monoisotopic (exact) mass is 219 g/mol. The number of alkyl halides is 3. The van der Waals surface area contributed by atoms with Gasteiger partial charge in [0.25, 0.3) is 0 Å². The van der Waals surface area contributed by atoms with Crippen molar-refractivity contribution in [2.45, 2.75) is 26.3 Å². The van der Waals surface area contributed by atoms with Crippen molar-refractivity contribution < 1.29 is 22.5 Å². The zero-order chi connectivity index (χ0) is 10.6. The Morgan fingerprint density at radius 3 is 2.23 bits per heavy atom. The third-order valence-electron chi connectivity index (χ3n) is 1.04. The number of halogens is 3. The molecule has 0 spiro atoms. The summed E-state index contributed by atoms with van der Waals surface area (Å²) in [6.45, 7) is 3.44. The fourth-order valence-electron chi connectivity index (χ4n) is 0.542. The highest BCUT2D eigenvalue weighted by Gasteiger charge is 2.39. The first-order valence-electron chi connectivity index (χ1n) is 3.62. The number of hydrogen-bond donors (Lipinski definition) is 2. The molecule has 0 amide bonds. The molecule has 0 aliphatic heterocycles. The van der Waals surface area contributed by atoms with Gasteiger partial charge in [-0.05, 0) is 5.92 Å². The van der Waals surface area contributed by atoms with Gasteiger partial charge in [-0.15, -0.1) is 0 Å². The van der Waals surface area contributed by atoms with Crippen molar-refractivity contribution in [1.29, 1.82) is 0 Å². The van der Waals surface area contributed by atoms with Crippen LogP contribution < -0.4 is 4.72 Å². The summed E-state index contributed by atoms with van der Waals surface area (Å²) in [5.74, 6) is 0.0846. The van der Waals surface area contributed by atoms with Crippen molar-refractivity contribution in [1.82, 2.24) is 4.72 Å². The van der Waals surface area contributed by atoms with E-state index in [1.165, 1.54) is 0 Å². The lowest BCUT2D eigenvalue weighted by Crippen LogP contribution is -2.43. The summed E-state index contributed by atoms with van der Waals surface area (Å²) in [5.41, 5.74) is 0. The van der Waals surface area contributed by atoms with E-state index in [1.54, 1.807) is 18.6 Å². The van der Waals surface area contributed by atoms with Gasteiger partial charge in [0.05, 0.1) is 11.0 Å². The van der Waals surface area contributed by atoms with Crippen LogP contribution in [-0.2, 0) is 11.0 Å². The van der Waals surface area contributed by atoms with Gasteiger partial charge < -0.3 is 5.11 Å². The van der Waals surface area contributed by atoms with Crippen LogP contribution in [0, 0.1) is 5.92 Å². The van der Waals surface area contributed by atoms with Crippen molar-refractivity contribution in [3.63, 3.8) is 0 Å². The molecule has 0 aliphatic rings. The summed E-state index contributed by atoms with van der Waals surface area (Å²) < 4.78 is 47.5. The molecule has 2 atom stereocenters. The molecule has 0 aromatic carbocycles. The lowest BCUT2D eigenvalue weighted by Gasteiger charge is -2.15. The Bertz CT molecular complexity index is 183. The Kier molecular flexibility index (Phi) is 4.87. The molecule has 0 radical (unpaired) electrons. The van der Waals surface area contributed by atoms with E-state index in [0.29, 0.717) is 0 Å². The zero-order valence-corrected chi connectivity index (χ0v) is 8.08. The first-order valence-corrected chi connectivity index (χ1v) is 4.94. The van der Waals surface area contributed by atoms with Gasteiger partial charge in [-0.3, -0.25) is 0 Å². The van der Waals surface area contributed by atoms with Crippen molar-refractivity contribution in [2.24, 2.45) is 5.92 Å². The van der Waals surface area contributed by atoms with Gasteiger partial charge in [0.15, 0.2) is 0 Å². The maximum absolute atomic E-state index is 11.7. The second kappa shape index (κ2) is 4.92. The van der Waals surface area contributed by atoms with Crippen molar-refractivity contribution in [3.8, 4) is 0 Å². The van der Waals surface area contributed by atoms with E-state index >= 15 is 0 Å². The van der Waals surface area contributed by atoms with Crippen LogP contribution in [0.5, 0.6) is 0 Å². The summed E-state index contributed by atoms with van der Waals surface area (Å²) in [5, 5.41) is 8.44. The number of hydrogen-bond acceptors (Lipinski definition) is 2. The molecule has 0 saturated heterocycles. The van der Waals surface area contributed by atoms with E-state index in [1.807, 2.05) is 0 Å². The standard InChI is InChI=1S/C6H12F3NO2S/c1-4(2)3-13(12)10-5(11)6(7,8)9/h4-5,10-11H,3H2,1-2H3/t5?,13-/m0/s1. The molecule has 0 rings (SSSR count). The molecule has 0 fully saturated rings. The predicted octanol–water partition coefficient (Wildman–Crippen LogP) is 0.776. The molecule has 7 heteroatoms. The maximum atomic E-state index is 11.7. The Balaban J connectivity index is 3.93. The van der Waals surface area contributed by atoms with Gasteiger partial charge in [0.1, 0.15) is 0 Å². The van der Waals surface area contributed by atoms with Crippen LogP contribution in [0.1, 0.15) is 13.8 Å². The van der Waals surface area contributed by atoms with Crippen molar-refractivity contribution in [2.75, 3.05) is 5.75 Å². The molecule has 3 nitrogen and oxygen atoms in total. The molecule has 0 saturated carbocycles. The van der Waals surface area contributed by atoms with Crippen LogP contribution in [0.3, 0.4) is 0 Å². The van der Waals surface area contributed by atoms with E-state index in [9.17, 15) is 17.4 Å². The average Bonchev–Trinajstić information content (AvgIpc) is 1.82. The van der Waals surface area contributed by atoms with E-state index in [-0.39, 0.29) is 11.7 Å². The van der Waals surface area contributed by atoms with Gasteiger partial charge in [-0.2, -0.15) is 13.2 Å². The number of nitrogens with one attached hydrogen (secondary N) is 1. The molecular formula is C6H12F3NO2S. The molecule has 0 aromatic rings. The van der Waals surface area contributed by atoms with Crippen LogP contribution in [0.15, 0.2) is 0 Å². The minimum atomic E-state index is -4.77. The fourth-order valence-corrected chi connectivity index (χ4v) is 1.63. The van der Waals surface area contributed by atoms with Crippen LogP contribution in [0.25, 0.3) is 0 Å². The largest absolute Gasteiger partial charge is 0.428 e. The quantitative estimate of drug-likeness (QED) is 0.686. The van der Waals surface area contributed by atoms with Gasteiger partial charge in [-0.25, -0.2) is 8.93 Å². The molecule has 80 valence electrons. The van der Waals surface area contributed by atoms with Crippen LogP contribution in [0.2, 0.25) is 0 Å². The average molecular weight is 219 g/mol. The first kappa shape index (κ1) is 12.9. The first-order chi connectivity index (χ1) is 5.73. The SMILES string of the molecule is CC(C)C[S@](=O)NC(O)C(F)(F)F. The third kappa shape index (κ3) is 6.00. The molecule has 0 heterocycles. The Morgan fingerprint density at radius 1 is 1.46 bits per heavy atom. The molecule has 13 heavy (non-hydrogen) atoms. The summed E-state index contributed by atoms with van der Waals surface area (Å²) in [7, 11) is -1.85. The lowest BCUT2D eigenvalue weighted by molar-refractivity contribution is -0.206. The topological polar surface area (TPSA) is 49.3 Å². The molecule has 0 aliphatic carbocycles. The minimum Gasteiger partial charge on any atom is -0.369 e. The predicted molar refractivity (Wildman–Crippen MR) is 43.0 cm³/mol. The van der Waals surface area contributed by atoms with Gasteiger partial charge in [0.2, 0.25) is 6.23 Å². The summed E-state index contributed by atoms with van der Waals surface area (Å²) in [6, 6.07) is 0. The highest BCUT2D eigenvalue weighted by molar-refractivity contribution is 7.83. The van der Waals surface area contributed by atoms with Gasteiger partial charge in [-0.1, -0.05) is 13.8 Å². The molecule has 0 aromatic heterocycles. The van der Waals surface area contributed by atoms with Crippen molar-refractivity contribution >= 4 is 11.0 Å². The smallest absolute Gasteiger partial charge is 0.369 e. The van der Waals surface area contributed by atoms with Gasteiger partial charge in [0, 0.05) is 5.75 Å². The fraction of sp³-hybridized carbons (Fsp3) is 1.00. The molecule has 2 N–H and O–H groups in total. The van der Waals surface area contributed by atoms with E-state index in [0.717, 1.165) is 0 Å². The molecule has 0 bridgehead atoms. The highest BCUT2D eigenvalue weighted by Crippen LogP contribution is 2.18. The normalized spacial score (nSPS) is 17.5. The number of rotatable bonds is 4. The van der Waals surface area contributed by atoms with Crippen LogP contribution in [-0.4, -0.2) is 27.5 Å². The summed E-state index contributed by atoms with van der Waals surface area (Å²) in [6.07, 6.45) is -7.49. The molecule has 1 unspecified atom stereocenters. The van der Waals surface area contributed by atoms with Crippen LogP contribution >= 0.6 is 0 Å². The Morgan fingerprint density at radius 2 is 1.92 bits per heavy atom. The molecular weight excluding hydrogens is 207 g/mol. The second-order valence-electron chi connectivity index (χ2n) is 2.97. The van der Waals surface area contributed by atoms with Crippen LogP contribution in [0.4, 0.5) is 13.2 Å². The minimum absolute atomic E-state index is 0.00812. The Hall–Kier alpha value is -0.140. The van der Waals surface area contributed by atoms with E-state index < -0.39 is 23.4 Å². The number of aliphatic hydroxyl groups is 1. The third-order valence-corrected chi connectivity index (χ3v) is 2.49. The second-order valence-corrected chi connectivity index (χ2v) is 4.23. The van der Waals surface area contributed by atoms with Gasteiger partial charge >= 0.3 is 6.18 Å². The van der Waals surface area contributed by atoms with Crippen molar-refractivity contribution in [3.05, 3.63) is 0 Å². The zero-order valence-electron chi connectivity index (χ0n) is 7.26.